The molecule has 3 fully saturated rings. The number of hydrogen-bond donors (Lipinski definition) is 0. The van der Waals surface area contributed by atoms with Crippen molar-refractivity contribution in [3.05, 3.63) is 52.6 Å². The second-order valence-electron chi connectivity index (χ2n) is 7.60. The van der Waals surface area contributed by atoms with Crippen LogP contribution in [0, 0.1) is 23.7 Å². The highest BCUT2D eigenvalue weighted by atomic mass is 35.5. The normalized spacial score (nSPS) is 33.6. The van der Waals surface area contributed by atoms with Gasteiger partial charge in [-0.1, -0.05) is 47.4 Å². The van der Waals surface area contributed by atoms with Gasteiger partial charge in [-0.2, -0.15) is 0 Å². The average molecular weight is 354 g/mol. The molecule has 1 saturated heterocycles. The van der Waals surface area contributed by atoms with Gasteiger partial charge < -0.3 is 0 Å². The van der Waals surface area contributed by atoms with E-state index >= 15 is 0 Å². The number of allylic oxidation sites excluding steroid dienone is 4. The van der Waals surface area contributed by atoms with Gasteiger partial charge in [-0.25, -0.2) is 4.90 Å². The van der Waals surface area contributed by atoms with Crippen LogP contribution in [0.3, 0.4) is 0 Å². The minimum atomic E-state index is -0.217. The van der Waals surface area contributed by atoms with Crippen molar-refractivity contribution in [2.45, 2.75) is 32.1 Å². The van der Waals surface area contributed by atoms with Gasteiger partial charge in [0.25, 0.3) is 0 Å². The third kappa shape index (κ3) is 2.11. The lowest BCUT2D eigenvalue weighted by Crippen LogP contribution is -2.33. The lowest BCUT2D eigenvalue weighted by molar-refractivity contribution is -0.122. The first kappa shape index (κ1) is 15.4. The zero-order chi connectivity index (χ0) is 17.1. The summed E-state index contributed by atoms with van der Waals surface area (Å²) in [6.45, 7) is 0. The van der Waals surface area contributed by atoms with Crippen molar-refractivity contribution in [1.82, 2.24) is 0 Å². The summed E-state index contributed by atoms with van der Waals surface area (Å²) < 4.78 is 0. The van der Waals surface area contributed by atoms with Gasteiger partial charge in [0.05, 0.1) is 17.5 Å². The molecule has 0 radical (unpaired) electrons. The summed E-state index contributed by atoms with van der Waals surface area (Å²) in [6.07, 6.45) is 10.4. The molecule has 0 unspecified atom stereocenters. The minimum absolute atomic E-state index is 0.0528. The van der Waals surface area contributed by atoms with Crippen molar-refractivity contribution >= 4 is 29.1 Å². The van der Waals surface area contributed by atoms with E-state index in [1.165, 1.54) is 35.3 Å². The van der Waals surface area contributed by atoms with Gasteiger partial charge in [0.2, 0.25) is 11.8 Å². The number of nitrogens with zero attached hydrogens (tertiary/aromatic N) is 1. The number of amides is 2. The SMILES string of the molecule is O=C1[C@@H]2[C@@H](C(=O)N1c1cccc(Cl)c1)[C@H]1C=C[C@H]2C1=C1CCCCC1. The summed E-state index contributed by atoms with van der Waals surface area (Å²) in [5.74, 6) is -0.282. The number of imide groups is 1. The summed E-state index contributed by atoms with van der Waals surface area (Å²) >= 11 is 6.06. The smallest absolute Gasteiger partial charge is 0.238 e. The second-order valence-corrected chi connectivity index (χ2v) is 8.04. The van der Waals surface area contributed by atoms with Crippen molar-refractivity contribution in [2.75, 3.05) is 4.90 Å². The Kier molecular flexibility index (Phi) is 3.43. The Bertz CT molecular complexity index is 798. The molecule has 4 atom stereocenters. The Hall–Kier alpha value is -1.87. The molecule has 2 amide bonds. The summed E-state index contributed by atoms with van der Waals surface area (Å²) in [6, 6.07) is 7.04. The molecule has 2 saturated carbocycles. The van der Waals surface area contributed by atoms with E-state index in [0.29, 0.717) is 10.7 Å². The number of anilines is 1. The highest BCUT2D eigenvalue weighted by molar-refractivity contribution is 6.31. The topological polar surface area (TPSA) is 37.4 Å². The first-order chi connectivity index (χ1) is 12.2. The summed E-state index contributed by atoms with van der Waals surface area (Å²) in [7, 11) is 0. The van der Waals surface area contributed by atoms with Crippen LogP contribution < -0.4 is 4.90 Å². The third-order valence-electron chi connectivity index (χ3n) is 6.35. The maximum absolute atomic E-state index is 13.1. The first-order valence-corrected chi connectivity index (χ1v) is 9.58. The van der Waals surface area contributed by atoms with Crippen molar-refractivity contribution < 1.29 is 9.59 Å². The predicted molar refractivity (Wildman–Crippen MR) is 97.2 cm³/mol. The fourth-order valence-corrected chi connectivity index (χ4v) is 5.56. The van der Waals surface area contributed by atoms with Crippen LogP contribution in [0.1, 0.15) is 32.1 Å². The van der Waals surface area contributed by atoms with E-state index in [1.54, 1.807) is 24.3 Å². The average Bonchev–Trinajstić information content (AvgIpc) is 3.25. The van der Waals surface area contributed by atoms with Gasteiger partial charge in [0.1, 0.15) is 0 Å². The number of rotatable bonds is 1. The van der Waals surface area contributed by atoms with E-state index in [9.17, 15) is 9.59 Å². The maximum atomic E-state index is 13.1. The Labute approximate surface area is 152 Å². The van der Waals surface area contributed by atoms with Crippen molar-refractivity contribution in [1.29, 1.82) is 0 Å². The second kappa shape index (κ2) is 5.57. The highest BCUT2D eigenvalue weighted by Gasteiger charge is 2.62. The molecule has 2 bridgehead atoms. The molecule has 4 heteroatoms. The highest BCUT2D eigenvalue weighted by Crippen LogP contribution is 2.58. The number of carbonyl (C=O) groups is 2. The molecule has 3 nitrogen and oxygen atoms in total. The van der Waals surface area contributed by atoms with Crippen LogP contribution in [-0.2, 0) is 9.59 Å². The molecule has 0 aromatic heterocycles. The van der Waals surface area contributed by atoms with Gasteiger partial charge in [-0.3, -0.25) is 9.59 Å². The van der Waals surface area contributed by atoms with Crippen LogP contribution in [0.4, 0.5) is 5.69 Å². The number of benzene rings is 1. The Balaban J connectivity index is 1.54. The van der Waals surface area contributed by atoms with Crippen LogP contribution >= 0.6 is 11.6 Å². The summed E-state index contributed by atoms with van der Waals surface area (Å²) in [5, 5.41) is 0.543. The molecule has 1 aromatic rings. The quantitative estimate of drug-likeness (QED) is 0.549. The number of fused-ring (bicyclic) bond motifs is 5. The largest absolute Gasteiger partial charge is 0.274 e. The van der Waals surface area contributed by atoms with Gasteiger partial charge in [-0.15, -0.1) is 0 Å². The first-order valence-electron chi connectivity index (χ1n) is 9.20. The van der Waals surface area contributed by atoms with E-state index in [1.807, 2.05) is 0 Å². The number of hydrogen-bond acceptors (Lipinski definition) is 2. The van der Waals surface area contributed by atoms with E-state index in [2.05, 4.69) is 12.2 Å². The van der Waals surface area contributed by atoms with Crippen molar-refractivity contribution in [3.8, 4) is 0 Å². The van der Waals surface area contributed by atoms with Crippen LogP contribution in [0.15, 0.2) is 47.6 Å². The molecule has 1 aliphatic heterocycles. The molecule has 3 aliphatic carbocycles. The Morgan fingerprint density at radius 1 is 0.920 bits per heavy atom. The molecule has 1 aromatic carbocycles. The Morgan fingerprint density at radius 3 is 2.16 bits per heavy atom. The molecule has 25 heavy (non-hydrogen) atoms. The van der Waals surface area contributed by atoms with Crippen LogP contribution in [-0.4, -0.2) is 11.8 Å². The van der Waals surface area contributed by atoms with Crippen molar-refractivity contribution in [2.24, 2.45) is 23.7 Å². The predicted octanol–water partition coefficient (Wildman–Crippen LogP) is 4.52. The fourth-order valence-electron chi connectivity index (χ4n) is 5.37. The maximum Gasteiger partial charge on any atom is 0.238 e. The van der Waals surface area contributed by atoms with E-state index in [0.717, 1.165) is 12.8 Å². The molecule has 0 N–H and O–H groups in total. The van der Waals surface area contributed by atoms with Crippen LogP contribution in [0.5, 0.6) is 0 Å². The molecule has 1 heterocycles. The minimum Gasteiger partial charge on any atom is -0.274 e. The zero-order valence-electron chi connectivity index (χ0n) is 14.0. The van der Waals surface area contributed by atoms with Gasteiger partial charge >= 0.3 is 0 Å². The molecule has 0 spiro atoms. The number of halogens is 1. The lowest BCUT2D eigenvalue weighted by atomic mass is 9.85. The van der Waals surface area contributed by atoms with Gasteiger partial charge in [-0.05, 0) is 43.9 Å². The van der Waals surface area contributed by atoms with Crippen molar-refractivity contribution in [3.63, 3.8) is 0 Å². The Morgan fingerprint density at radius 2 is 1.56 bits per heavy atom. The molecular weight excluding hydrogens is 334 g/mol. The molecular formula is C21H20ClNO2. The van der Waals surface area contributed by atoms with E-state index in [4.69, 9.17) is 11.6 Å². The zero-order valence-corrected chi connectivity index (χ0v) is 14.7. The summed E-state index contributed by atoms with van der Waals surface area (Å²) in [4.78, 5) is 27.6. The van der Waals surface area contributed by atoms with E-state index in [-0.39, 0.29) is 35.5 Å². The summed E-state index contributed by atoms with van der Waals surface area (Å²) in [5.41, 5.74) is 3.53. The molecule has 5 rings (SSSR count). The fraction of sp³-hybridized carbons (Fsp3) is 0.429. The lowest BCUT2D eigenvalue weighted by Gasteiger charge is -2.23. The monoisotopic (exact) mass is 353 g/mol. The third-order valence-corrected chi connectivity index (χ3v) is 6.58. The standard InChI is InChI=1S/C21H20ClNO2/c22-13-7-4-8-14(11-13)23-20(24)18-15-9-10-16(19(18)21(23)25)17(15)12-5-2-1-3-6-12/h4,7-11,15-16,18-19H,1-3,5-6H2/t15-,16-,18-,19-/m0/s1. The van der Waals surface area contributed by atoms with Gasteiger partial charge in [0, 0.05) is 16.9 Å². The molecule has 4 aliphatic rings. The van der Waals surface area contributed by atoms with Crippen LogP contribution in [0.25, 0.3) is 0 Å². The molecule has 128 valence electrons. The van der Waals surface area contributed by atoms with Gasteiger partial charge in [0.15, 0.2) is 0 Å². The van der Waals surface area contributed by atoms with Crippen LogP contribution in [0.2, 0.25) is 5.02 Å². The van der Waals surface area contributed by atoms with E-state index < -0.39 is 0 Å². The number of carbonyl (C=O) groups excluding carboxylic acids is 2.